The molecule has 0 saturated heterocycles. The second kappa shape index (κ2) is 7.40. The van der Waals surface area contributed by atoms with Crippen molar-refractivity contribution in [2.24, 2.45) is 5.41 Å². The Balaban J connectivity index is 0. The molecule has 0 spiro atoms. The molecule has 0 aliphatic rings. The third-order valence-electron chi connectivity index (χ3n) is 1.82. The Kier molecular flexibility index (Phi) is 8.80. The third kappa shape index (κ3) is 14.8. The topological polar surface area (TPSA) is 37.3 Å². The number of carbonyl (C=O) groups is 1. The summed E-state index contributed by atoms with van der Waals surface area (Å²) in [6.45, 7) is 6.64. The Labute approximate surface area is 91.6 Å². The molecule has 3 heteroatoms. The van der Waals surface area contributed by atoms with Crippen molar-refractivity contribution in [3.05, 3.63) is 0 Å². The monoisotopic (exact) mass is 227 g/mol. The first-order valence-electron chi connectivity index (χ1n) is 4.63. The molecule has 0 aromatic carbocycles. The van der Waals surface area contributed by atoms with Crippen molar-refractivity contribution in [2.45, 2.75) is 52.9 Å². The number of hydrogen-bond acceptors (Lipinski definition) is 1. The zero-order chi connectivity index (χ0) is 9.61. The summed E-state index contributed by atoms with van der Waals surface area (Å²) in [6, 6.07) is 0. The van der Waals surface area contributed by atoms with Gasteiger partial charge >= 0.3 is 5.97 Å². The van der Waals surface area contributed by atoms with Gasteiger partial charge in [-0.1, -0.05) is 33.6 Å². The molecule has 0 aliphatic heterocycles. The molecular weight excluding hydrogens is 207 g/mol. The summed E-state index contributed by atoms with van der Waals surface area (Å²) in [4.78, 5) is 10.2. The van der Waals surface area contributed by atoms with E-state index in [1.54, 1.807) is 0 Å². The Morgan fingerprint density at radius 3 is 2.08 bits per heavy atom. The van der Waals surface area contributed by atoms with Crippen LogP contribution in [0.1, 0.15) is 52.9 Å². The predicted molar refractivity (Wildman–Crippen MR) is 50.2 cm³/mol. The summed E-state index contributed by atoms with van der Waals surface area (Å²) in [5, 5.41) is 8.37. The smallest absolute Gasteiger partial charge is 0.303 e. The Morgan fingerprint density at radius 1 is 1.15 bits per heavy atom. The van der Waals surface area contributed by atoms with Gasteiger partial charge in [-0.25, -0.2) is 0 Å². The van der Waals surface area contributed by atoms with E-state index in [9.17, 15) is 4.79 Å². The molecule has 0 heterocycles. The van der Waals surface area contributed by atoms with Crippen molar-refractivity contribution in [2.75, 3.05) is 0 Å². The van der Waals surface area contributed by atoms with Gasteiger partial charge in [-0.2, -0.15) is 0 Å². The molecular formula is C10H20MnO2. The number of carboxylic acid groups (broad SMARTS) is 1. The molecule has 0 aromatic rings. The van der Waals surface area contributed by atoms with Crippen LogP contribution in [0.5, 0.6) is 0 Å². The molecule has 79 valence electrons. The minimum atomic E-state index is -0.675. The van der Waals surface area contributed by atoms with Gasteiger partial charge in [0, 0.05) is 23.5 Å². The van der Waals surface area contributed by atoms with Crippen molar-refractivity contribution < 1.29 is 27.0 Å². The summed E-state index contributed by atoms with van der Waals surface area (Å²) < 4.78 is 0. The maximum Gasteiger partial charge on any atom is 0.303 e. The number of unbranched alkanes of at least 4 members (excludes halogenated alkanes) is 2. The van der Waals surface area contributed by atoms with E-state index in [0.717, 1.165) is 19.3 Å². The molecule has 0 amide bonds. The van der Waals surface area contributed by atoms with Crippen LogP contribution in [0.4, 0.5) is 0 Å². The van der Waals surface area contributed by atoms with Crippen LogP contribution in [0.2, 0.25) is 0 Å². The van der Waals surface area contributed by atoms with Gasteiger partial charge in [0.15, 0.2) is 0 Å². The van der Waals surface area contributed by atoms with Crippen LogP contribution in [0, 0.1) is 5.41 Å². The quantitative estimate of drug-likeness (QED) is 0.579. The summed E-state index contributed by atoms with van der Waals surface area (Å²) in [5.41, 5.74) is 0.392. The molecule has 2 nitrogen and oxygen atoms in total. The van der Waals surface area contributed by atoms with Crippen LogP contribution >= 0.6 is 0 Å². The molecule has 0 unspecified atom stereocenters. The van der Waals surface area contributed by atoms with Crippen LogP contribution in [0.25, 0.3) is 0 Å². The van der Waals surface area contributed by atoms with E-state index in [2.05, 4.69) is 20.8 Å². The van der Waals surface area contributed by atoms with Crippen LogP contribution in [0.3, 0.4) is 0 Å². The van der Waals surface area contributed by atoms with Crippen LogP contribution in [-0.4, -0.2) is 11.1 Å². The van der Waals surface area contributed by atoms with Crippen LogP contribution in [0.15, 0.2) is 0 Å². The predicted octanol–water partition coefficient (Wildman–Crippen LogP) is 3.07. The van der Waals surface area contributed by atoms with E-state index in [4.69, 9.17) is 5.11 Å². The Bertz CT molecular complexity index is 138. The molecule has 0 saturated carbocycles. The standard InChI is InChI=1S/C10H20O2.Mn/c1-10(2,3)8-6-4-5-7-9(11)12;/h4-8H2,1-3H3,(H,11,12);. The minimum absolute atomic E-state index is 0. The van der Waals surface area contributed by atoms with Gasteiger partial charge in [-0.3, -0.25) is 4.79 Å². The normalized spacial score (nSPS) is 10.7. The SMILES string of the molecule is CC(C)(C)CCCCCC(=O)O.[Mn]. The van der Waals surface area contributed by atoms with Gasteiger partial charge in [0.1, 0.15) is 0 Å². The van der Waals surface area contributed by atoms with E-state index >= 15 is 0 Å². The van der Waals surface area contributed by atoms with Gasteiger partial charge in [0.05, 0.1) is 0 Å². The van der Waals surface area contributed by atoms with E-state index in [-0.39, 0.29) is 17.1 Å². The van der Waals surface area contributed by atoms with E-state index in [1.807, 2.05) is 0 Å². The first kappa shape index (κ1) is 15.5. The van der Waals surface area contributed by atoms with Gasteiger partial charge < -0.3 is 5.11 Å². The third-order valence-corrected chi connectivity index (χ3v) is 1.82. The van der Waals surface area contributed by atoms with Crippen molar-refractivity contribution in [3.8, 4) is 0 Å². The van der Waals surface area contributed by atoms with Gasteiger partial charge in [0.25, 0.3) is 0 Å². The first-order valence-corrected chi connectivity index (χ1v) is 4.63. The zero-order valence-electron chi connectivity index (χ0n) is 8.77. The van der Waals surface area contributed by atoms with Gasteiger partial charge in [-0.05, 0) is 18.3 Å². The molecule has 0 aliphatic carbocycles. The van der Waals surface area contributed by atoms with Gasteiger partial charge in [0.2, 0.25) is 0 Å². The fourth-order valence-corrected chi connectivity index (χ4v) is 1.11. The van der Waals surface area contributed by atoms with Crippen molar-refractivity contribution in [1.82, 2.24) is 0 Å². The summed E-state index contributed by atoms with van der Waals surface area (Å²) in [6.07, 6.45) is 4.53. The fourth-order valence-electron chi connectivity index (χ4n) is 1.11. The molecule has 0 fully saturated rings. The minimum Gasteiger partial charge on any atom is -0.481 e. The van der Waals surface area contributed by atoms with Gasteiger partial charge in [-0.15, -0.1) is 0 Å². The zero-order valence-corrected chi connectivity index (χ0v) is 9.95. The van der Waals surface area contributed by atoms with E-state index in [0.29, 0.717) is 11.8 Å². The van der Waals surface area contributed by atoms with Crippen molar-refractivity contribution in [3.63, 3.8) is 0 Å². The average molecular weight is 227 g/mol. The maximum atomic E-state index is 10.2. The second-order valence-electron chi connectivity index (χ2n) is 4.52. The Hall–Kier alpha value is -0.0105. The molecule has 0 rings (SSSR count). The molecule has 0 atom stereocenters. The molecule has 1 radical (unpaired) electrons. The fraction of sp³-hybridized carbons (Fsp3) is 0.900. The van der Waals surface area contributed by atoms with E-state index < -0.39 is 5.97 Å². The Morgan fingerprint density at radius 2 is 1.69 bits per heavy atom. The average Bonchev–Trinajstić information content (AvgIpc) is 1.83. The molecule has 0 bridgehead atoms. The molecule has 13 heavy (non-hydrogen) atoms. The largest absolute Gasteiger partial charge is 0.481 e. The maximum absolute atomic E-state index is 10.2. The van der Waals surface area contributed by atoms with Crippen LogP contribution in [-0.2, 0) is 21.9 Å². The number of rotatable bonds is 5. The summed E-state index contributed by atoms with van der Waals surface area (Å²) in [7, 11) is 0. The number of aliphatic carboxylic acids is 1. The van der Waals surface area contributed by atoms with Crippen molar-refractivity contribution in [1.29, 1.82) is 0 Å². The van der Waals surface area contributed by atoms with Crippen LogP contribution < -0.4 is 0 Å². The summed E-state index contributed by atoms with van der Waals surface area (Å²) in [5.74, 6) is -0.675. The molecule has 0 aromatic heterocycles. The van der Waals surface area contributed by atoms with E-state index in [1.165, 1.54) is 6.42 Å². The van der Waals surface area contributed by atoms with Crippen molar-refractivity contribution >= 4 is 5.97 Å². The summed E-state index contributed by atoms with van der Waals surface area (Å²) >= 11 is 0. The number of hydrogen-bond donors (Lipinski definition) is 1. The first-order chi connectivity index (χ1) is 5.42. The molecule has 1 N–H and O–H groups in total. The number of carboxylic acids is 1. The second-order valence-corrected chi connectivity index (χ2v) is 4.52.